The number of ether oxygens (including phenoxy) is 1. The molecule has 0 N–H and O–H groups in total. The maximum atomic E-state index is 14.8. The van der Waals surface area contributed by atoms with E-state index in [9.17, 15) is 9.65 Å². The average Bonchev–Trinajstić information content (AvgIpc) is 2.94. The normalized spacial score (nSPS) is 29.1. The van der Waals surface area contributed by atoms with Crippen LogP contribution in [0.5, 0.6) is 0 Å². The van der Waals surface area contributed by atoms with Gasteiger partial charge in [-0.2, -0.15) is 5.26 Å². The molecule has 0 radical (unpaired) electrons. The van der Waals surface area contributed by atoms with Crippen LogP contribution in [-0.2, 0) is 14.0 Å². The number of anilines is 1. The molecule has 138 valence electrons. The van der Waals surface area contributed by atoms with E-state index >= 15 is 0 Å². The molecule has 0 spiro atoms. The Morgan fingerprint density at radius 3 is 2.23 bits per heavy atom. The van der Waals surface area contributed by atoms with E-state index in [-0.39, 0.29) is 12.1 Å². The lowest BCUT2D eigenvalue weighted by molar-refractivity contribution is 0.00578. The maximum Gasteiger partial charge on any atom is 0.497 e. The van der Waals surface area contributed by atoms with Crippen molar-refractivity contribution in [2.24, 2.45) is 0 Å². The number of morpholine rings is 1. The number of rotatable bonds is 2. The number of halogens is 1. The second kappa shape index (κ2) is 5.95. The Morgan fingerprint density at radius 1 is 1.12 bits per heavy atom. The highest BCUT2D eigenvalue weighted by atomic mass is 19.1. The number of hydrogen-bond donors (Lipinski definition) is 0. The average molecular weight is 358 g/mol. The summed E-state index contributed by atoms with van der Waals surface area (Å²) in [5, 5.41) is 9.55. The van der Waals surface area contributed by atoms with Crippen molar-refractivity contribution in [3.8, 4) is 6.07 Å². The van der Waals surface area contributed by atoms with Gasteiger partial charge in [0.05, 0.1) is 47.8 Å². The van der Waals surface area contributed by atoms with Gasteiger partial charge >= 0.3 is 7.12 Å². The zero-order valence-corrected chi connectivity index (χ0v) is 15.7. The van der Waals surface area contributed by atoms with Crippen LogP contribution in [0.2, 0.25) is 0 Å². The first kappa shape index (κ1) is 17.8. The van der Waals surface area contributed by atoms with Gasteiger partial charge in [0.15, 0.2) is 0 Å². The minimum atomic E-state index is -0.787. The van der Waals surface area contributed by atoms with E-state index in [1.807, 2.05) is 27.7 Å². The highest BCUT2D eigenvalue weighted by molar-refractivity contribution is 6.62. The first-order chi connectivity index (χ1) is 12.2. The summed E-state index contributed by atoms with van der Waals surface area (Å²) in [6, 6.07) is 5.67. The van der Waals surface area contributed by atoms with Crippen molar-refractivity contribution in [1.82, 2.24) is 0 Å². The molecule has 0 amide bonds. The molecule has 2 bridgehead atoms. The molecular weight excluding hydrogens is 334 g/mol. The van der Waals surface area contributed by atoms with Crippen LogP contribution in [0.4, 0.5) is 10.1 Å². The van der Waals surface area contributed by atoms with Crippen molar-refractivity contribution in [3.05, 3.63) is 23.5 Å². The molecule has 0 aliphatic carbocycles. The molecule has 1 aromatic rings. The third kappa shape index (κ3) is 2.63. The van der Waals surface area contributed by atoms with Gasteiger partial charge in [-0.3, -0.25) is 0 Å². The summed E-state index contributed by atoms with van der Waals surface area (Å²) in [6.07, 6.45) is 2.05. The molecule has 3 fully saturated rings. The first-order valence-electron chi connectivity index (χ1n) is 9.19. The summed E-state index contributed by atoms with van der Waals surface area (Å²) < 4.78 is 32.5. The lowest BCUT2D eigenvalue weighted by Crippen LogP contribution is -2.47. The van der Waals surface area contributed by atoms with Crippen molar-refractivity contribution >= 4 is 18.3 Å². The van der Waals surface area contributed by atoms with Gasteiger partial charge in [-0.05, 0) is 52.7 Å². The molecule has 0 aromatic heterocycles. The molecule has 5 nitrogen and oxygen atoms in total. The van der Waals surface area contributed by atoms with Gasteiger partial charge in [-0.15, -0.1) is 0 Å². The van der Waals surface area contributed by atoms with Crippen LogP contribution in [-0.4, -0.2) is 43.6 Å². The van der Waals surface area contributed by atoms with Gasteiger partial charge in [0.1, 0.15) is 11.9 Å². The van der Waals surface area contributed by atoms with E-state index in [1.165, 1.54) is 6.07 Å². The summed E-state index contributed by atoms with van der Waals surface area (Å²) in [4.78, 5) is 2.23. The van der Waals surface area contributed by atoms with Crippen LogP contribution >= 0.6 is 0 Å². The molecule has 3 saturated heterocycles. The van der Waals surface area contributed by atoms with Crippen LogP contribution in [0.3, 0.4) is 0 Å². The Kier molecular flexibility index (Phi) is 4.07. The van der Waals surface area contributed by atoms with Gasteiger partial charge < -0.3 is 18.9 Å². The van der Waals surface area contributed by atoms with Gasteiger partial charge in [0.25, 0.3) is 0 Å². The number of nitriles is 1. The molecule has 3 aliphatic rings. The van der Waals surface area contributed by atoms with Gasteiger partial charge in [-0.1, -0.05) is 0 Å². The van der Waals surface area contributed by atoms with Crippen molar-refractivity contribution in [2.45, 2.75) is 63.8 Å². The molecule has 1 aromatic carbocycles. The van der Waals surface area contributed by atoms with Crippen LogP contribution in [0.1, 0.15) is 46.1 Å². The van der Waals surface area contributed by atoms with Crippen LogP contribution in [0.25, 0.3) is 0 Å². The molecule has 0 saturated carbocycles. The lowest BCUT2D eigenvalue weighted by Gasteiger charge is -2.37. The molecule has 4 rings (SSSR count). The fourth-order valence-corrected chi connectivity index (χ4v) is 4.05. The molecule has 26 heavy (non-hydrogen) atoms. The smallest absolute Gasteiger partial charge is 0.399 e. The number of benzene rings is 1. The Morgan fingerprint density at radius 2 is 1.69 bits per heavy atom. The Hall–Kier alpha value is -1.62. The highest BCUT2D eigenvalue weighted by Crippen LogP contribution is 2.39. The predicted molar refractivity (Wildman–Crippen MR) is 96.9 cm³/mol. The third-order valence-corrected chi connectivity index (χ3v) is 6.26. The zero-order valence-electron chi connectivity index (χ0n) is 15.7. The van der Waals surface area contributed by atoms with Gasteiger partial charge in [0.2, 0.25) is 0 Å². The van der Waals surface area contributed by atoms with Crippen molar-refractivity contribution < 1.29 is 18.4 Å². The highest BCUT2D eigenvalue weighted by Gasteiger charge is 2.52. The Labute approximate surface area is 154 Å². The Balaban J connectivity index is 1.75. The van der Waals surface area contributed by atoms with E-state index in [1.54, 1.807) is 6.07 Å². The molecule has 2 atom stereocenters. The zero-order chi connectivity index (χ0) is 18.7. The summed E-state index contributed by atoms with van der Waals surface area (Å²) in [5.41, 5.74) is 0.367. The van der Waals surface area contributed by atoms with E-state index in [0.29, 0.717) is 24.2 Å². The SMILES string of the molecule is CC1(C)OB(c2cc(N3C4CCC3COC4)c(C#N)cc2F)OC1(C)C. The summed E-state index contributed by atoms with van der Waals surface area (Å²) >= 11 is 0. The van der Waals surface area contributed by atoms with Crippen LogP contribution < -0.4 is 10.4 Å². The number of fused-ring (bicyclic) bond motifs is 2. The van der Waals surface area contributed by atoms with E-state index in [4.69, 9.17) is 14.0 Å². The molecular formula is C19H24BFN2O3. The molecule has 3 heterocycles. The third-order valence-electron chi connectivity index (χ3n) is 6.26. The monoisotopic (exact) mass is 358 g/mol. The summed E-state index contributed by atoms with van der Waals surface area (Å²) in [7, 11) is -0.787. The summed E-state index contributed by atoms with van der Waals surface area (Å²) in [6.45, 7) is 9.06. The minimum absolute atomic E-state index is 0.234. The second-order valence-corrected chi connectivity index (χ2v) is 8.42. The molecule has 7 heteroatoms. The number of hydrogen-bond acceptors (Lipinski definition) is 5. The fourth-order valence-electron chi connectivity index (χ4n) is 4.05. The van der Waals surface area contributed by atoms with Crippen LogP contribution in [0.15, 0.2) is 12.1 Å². The Bertz CT molecular complexity index is 745. The van der Waals surface area contributed by atoms with Gasteiger partial charge in [0, 0.05) is 5.46 Å². The summed E-state index contributed by atoms with van der Waals surface area (Å²) in [5.74, 6) is -0.468. The largest absolute Gasteiger partial charge is 0.497 e. The molecule has 2 unspecified atom stereocenters. The van der Waals surface area contributed by atoms with Crippen molar-refractivity contribution in [2.75, 3.05) is 18.1 Å². The minimum Gasteiger partial charge on any atom is -0.399 e. The first-order valence-corrected chi connectivity index (χ1v) is 9.19. The maximum absolute atomic E-state index is 14.8. The second-order valence-electron chi connectivity index (χ2n) is 8.42. The van der Waals surface area contributed by atoms with Crippen LogP contribution in [0, 0.1) is 17.1 Å². The van der Waals surface area contributed by atoms with Crippen molar-refractivity contribution in [3.63, 3.8) is 0 Å². The predicted octanol–water partition coefficient (Wildman–Crippen LogP) is 2.36. The van der Waals surface area contributed by atoms with E-state index in [0.717, 1.165) is 18.5 Å². The standard InChI is InChI=1S/C19H24BFN2O3/c1-18(2)19(3,4)26-20(25-18)15-8-17(12(9-22)7-16(15)21)23-13-5-6-14(23)11-24-10-13/h7-8,13-14H,5-6,10-11H2,1-4H3. The van der Waals surface area contributed by atoms with E-state index in [2.05, 4.69) is 11.0 Å². The number of nitrogens with zero attached hydrogens (tertiary/aromatic N) is 2. The fraction of sp³-hybridized carbons (Fsp3) is 0.632. The molecule has 3 aliphatic heterocycles. The lowest BCUT2D eigenvalue weighted by atomic mass is 9.77. The van der Waals surface area contributed by atoms with Gasteiger partial charge in [-0.25, -0.2) is 4.39 Å². The van der Waals surface area contributed by atoms with E-state index < -0.39 is 24.1 Å². The van der Waals surface area contributed by atoms with Crippen molar-refractivity contribution in [1.29, 1.82) is 5.26 Å². The topological polar surface area (TPSA) is 54.7 Å². The quantitative estimate of drug-likeness (QED) is 0.760.